The summed E-state index contributed by atoms with van der Waals surface area (Å²) in [5, 5.41) is 9.22. The van der Waals surface area contributed by atoms with Gasteiger partial charge in [-0.3, -0.25) is 0 Å². The van der Waals surface area contributed by atoms with E-state index in [1.165, 1.54) is 6.07 Å². The van der Waals surface area contributed by atoms with Crippen molar-refractivity contribution < 1.29 is 18.3 Å². The largest absolute Gasteiger partial charge is 0.478 e. The Morgan fingerprint density at radius 1 is 1.43 bits per heavy atom. The molecule has 0 saturated carbocycles. The van der Waals surface area contributed by atoms with Crippen molar-refractivity contribution in [3.63, 3.8) is 0 Å². The van der Waals surface area contributed by atoms with E-state index in [1.807, 2.05) is 25.7 Å². The number of hydrogen-bond donors (Lipinski definition) is 1. The Hall–Kier alpha value is -1.63. The third-order valence-electron chi connectivity index (χ3n) is 3.63. The first-order chi connectivity index (χ1) is 9.69. The molecule has 1 aromatic rings. The lowest BCUT2D eigenvalue weighted by molar-refractivity contribution is 0.0696. The van der Waals surface area contributed by atoms with Crippen LogP contribution in [0.15, 0.2) is 12.1 Å². The minimum atomic E-state index is -3.01. The molecular formula is C14H20N2O4S. The highest BCUT2D eigenvalue weighted by Crippen LogP contribution is 2.24. The maximum Gasteiger partial charge on any atom is 0.335 e. The maximum absolute atomic E-state index is 11.6. The molecule has 1 aliphatic rings. The lowest BCUT2D eigenvalue weighted by Gasteiger charge is -2.34. The number of rotatable bonds is 3. The van der Waals surface area contributed by atoms with Gasteiger partial charge in [-0.05, 0) is 25.0 Å². The minimum Gasteiger partial charge on any atom is -0.478 e. The molecular weight excluding hydrogens is 292 g/mol. The number of pyridine rings is 1. The Bertz CT molecular complexity index is 655. The van der Waals surface area contributed by atoms with E-state index in [4.69, 9.17) is 0 Å². The highest BCUT2D eigenvalue weighted by Gasteiger charge is 2.29. The van der Waals surface area contributed by atoms with E-state index in [0.29, 0.717) is 18.1 Å². The van der Waals surface area contributed by atoms with Crippen LogP contribution in [-0.2, 0) is 9.84 Å². The summed E-state index contributed by atoms with van der Waals surface area (Å²) in [5.41, 5.74) is 0.884. The molecule has 7 heteroatoms. The van der Waals surface area contributed by atoms with Crippen LogP contribution in [0, 0.1) is 0 Å². The number of sulfone groups is 1. The van der Waals surface area contributed by atoms with Gasteiger partial charge >= 0.3 is 5.97 Å². The SMILES string of the molecule is CC(C)c1cc(C(=O)O)cc(N2CCS(=O)(=O)CC2C)n1. The summed E-state index contributed by atoms with van der Waals surface area (Å²) >= 11 is 0. The standard InChI is InChI=1S/C14H20N2O4S/c1-9(2)12-6-11(14(17)18)7-13(15-12)16-4-5-21(19,20)8-10(16)3/h6-7,9-10H,4-5,8H2,1-3H3,(H,17,18). The second kappa shape index (κ2) is 5.63. The van der Waals surface area contributed by atoms with Crippen LogP contribution >= 0.6 is 0 Å². The number of aromatic nitrogens is 1. The number of nitrogens with zero attached hydrogens (tertiary/aromatic N) is 2. The molecule has 0 bridgehead atoms. The van der Waals surface area contributed by atoms with Crippen molar-refractivity contribution in [1.82, 2.24) is 4.98 Å². The third kappa shape index (κ3) is 3.53. The molecule has 1 aromatic heterocycles. The molecule has 0 spiro atoms. The van der Waals surface area contributed by atoms with Gasteiger partial charge in [0.15, 0.2) is 9.84 Å². The molecule has 2 heterocycles. The smallest absolute Gasteiger partial charge is 0.335 e. The van der Waals surface area contributed by atoms with E-state index >= 15 is 0 Å². The van der Waals surface area contributed by atoms with Gasteiger partial charge in [-0.1, -0.05) is 13.8 Å². The molecule has 6 nitrogen and oxygen atoms in total. The zero-order valence-electron chi connectivity index (χ0n) is 12.4. The number of hydrogen-bond acceptors (Lipinski definition) is 5. The lowest BCUT2D eigenvalue weighted by Crippen LogP contribution is -2.47. The Morgan fingerprint density at radius 3 is 2.62 bits per heavy atom. The molecule has 2 rings (SSSR count). The fourth-order valence-corrected chi connectivity index (χ4v) is 4.00. The van der Waals surface area contributed by atoms with Crippen molar-refractivity contribution in [2.24, 2.45) is 0 Å². The summed E-state index contributed by atoms with van der Waals surface area (Å²) < 4.78 is 23.3. The van der Waals surface area contributed by atoms with Crippen LogP contribution in [0.2, 0.25) is 0 Å². The fraction of sp³-hybridized carbons (Fsp3) is 0.571. The van der Waals surface area contributed by atoms with Gasteiger partial charge in [-0.15, -0.1) is 0 Å². The molecule has 1 atom stereocenters. The van der Waals surface area contributed by atoms with Gasteiger partial charge in [0.2, 0.25) is 0 Å². The summed E-state index contributed by atoms with van der Waals surface area (Å²) in [6.07, 6.45) is 0. The van der Waals surface area contributed by atoms with Crippen LogP contribution in [0.4, 0.5) is 5.82 Å². The Labute approximate surface area is 124 Å². The molecule has 1 fully saturated rings. The number of anilines is 1. The molecule has 21 heavy (non-hydrogen) atoms. The van der Waals surface area contributed by atoms with E-state index in [9.17, 15) is 18.3 Å². The Balaban J connectivity index is 2.41. The van der Waals surface area contributed by atoms with Gasteiger partial charge in [0.25, 0.3) is 0 Å². The molecule has 1 unspecified atom stereocenters. The summed E-state index contributed by atoms with van der Waals surface area (Å²) in [5.74, 6) is -0.207. The molecule has 1 N–H and O–H groups in total. The molecule has 0 aromatic carbocycles. The van der Waals surface area contributed by atoms with E-state index in [0.717, 1.165) is 0 Å². The molecule has 0 aliphatic carbocycles. The van der Waals surface area contributed by atoms with Crippen molar-refractivity contribution in [1.29, 1.82) is 0 Å². The van der Waals surface area contributed by atoms with Gasteiger partial charge in [-0.2, -0.15) is 0 Å². The van der Waals surface area contributed by atoms with E-state index in [2.05, 4.69) is 4.98 Å². The summed E-state index contributed by atoms with van der Waals surface area (Å²) in [4.78, 5) is 17.6. The van der Waals surface area contributed by atoms with Crippen LogP contribution in [0.1, 0.15) is 42.7 Å². The quantitative estimate of drug-likeness (QED) is 0.910. The first-order valence-corrected chi connectivity index (χ1v) is 8.74. The van der Waals surface area contributed by atoms with Crippen LogP contribution in [-0.4, -0.2) is 48.6 Å². The van der Waals surface area contributed by atoms with Crippen molar-refractivity contribution in [2.75, 3.05) is 23.0 Å². The zero-order valence-corrected chi connectivity index (χ0v) is 13.2. The number of carboxylic acids is 1. The van der Waals surface area contributed by atoms with Crippen molar-refractivity contribution in [3.05, 3.63) is 23.4 Å². The van der Waals surface area contributed by atoms with Gasteiger partial charge in [0, 0.05) is 18.3 Å². The molecule has 1 saturated heterocycles. The molecule has 0 radical (unpaired) electrons. The third-order valence-corrected chi connectivity index (χ3v) is 5.43. The van der Waals surface area contributed by atoms with Crippen molar-refractivity contribution in [3.8, 4) is 0 Å². The van der Waals surface area contributed by atoms with Crippen LogP contribution in [0.3, 0.4) is 0 Å². The zero-order chi connectivity index (χ0) is 15.8. The fourth-order valence-electron chi connectivity index (χ4n) is 2.44. The molecule has 0 amide bonds. The Morgan fingerprint density at radius 2 is 2.10 bits per heavy atom. The molecule has 1 aliphatic heterocycles. The number of aromatic carboxylic acids is 1. The second-order valence-electron chi connectivity index (χ2n) is 5.76. The van der Waals surface area contributed by atoms with Gasteiger partial charge in [0.05, 0.1) is 17.1 Å². The van der Waals surface area contributed by atoms with Crippen molar-refractivity contribution in [2.45, 2.75) is 32.7 Å². The Kier molecular flexibility index (Phi) is 4.22. The minimum absolute atomic E-state index is 0.0724. The van der Waals surface area contributed by atoms with Crippen LogP contribution < -0.4 is 4.90 Å². The van der Waals surface area contributed by atoms with E-state index < -0.39 is 15.8 Å². The van der Waals surface area contributed by atoms with Crippen LogP contribution in [0.5, 0.6) is 0 Å². The average Bonchev–Trinajstić information content (AvgIpc) is 2.36. The first kappa shape index (κ1) is 15.8. The predicted octanol–water partition coefficient (Wildman–Crippen LogP) is 1.53. The summed E-state index contributed by atoms with van der Waals surface area (Å²) in [6, 6.07) is 2.88. The second-order valence-corrected chi connectivity index (χ2v) is 7.98. The first-order valence-electron chi connectivity index (χ1n) is 6.92. The predicted molar refractivity (Wildman–Crippen MR) is 80.7 cm³/mol. The van der Waals surface area contributed by atoms with Gasteiger partial charge in [0.1, 0.15) is 5.82 Å². The van der Waals surface area contributed by atoms with Gasteiger partial charge in [-0.25, -0.2) is 18.2 Å². The number of carboxylic acid groups (broad SMARTS) is 1. The van der Waals surface area contributed by atoms with Gasteiger partial charge < -0.3 is 10.0 Å². The van der Waals surface area contributed by atoms with Crippen LogP contribution in [0.25, 0.3) is 0 Å². The lowest BCUT2D eigenvalue weighted by atomic mass is 10.1. The highest BCUT2D eigenvalue weighted by atomic mass is 32.2. The van der Waals surface area contributed by atoms with E-state index in [1.54, 1.807) is 6.07 Å². The average molecular weight is 312 g/mol. The molecule has 116 valence electrons. The number of carbonyl (C=O) groups is 1. The highest BCUT2D eigenvalue weighted by molar-refractivity contribution is 7.91. The topological polar surface area (TPSA) is 87.6 Å². The van der Waals surface area contributed by atoms with E-state index in [-0.39, 0.29) is 29.0 Å². The normalized spacial score (nSPS) is 21.5. The monoisotopic (exact) mass is 312 g/mol. The van der Waals surface area contributed by atoms with Crippen molar-refractivity contribution >= 4 is 21.6 Å². The maximum atomic E-state index is 11.6. The summed E-state index contributed by atoms with van der Waals surface area (Å²) in [6.45, 7) is 6.06. The summed E-state index contributed by atoms with van der Waals surface area (Å²) in [7, 11) is -3.01.